The molecule has 2 unspecified atom stereocenters. The van der Waals surface area contributed by atoms with Crippen molar-refractivity contribution in [2.75, 3.05) is 6.54 Å². The van der Waals surface area contributed by atoms with Crippen LogP contribution < -0.4 is 5.32 Å². The number of thiophene rings is 1. The Morgan fingerprint density at radius 3 is 3.00 bits per heavy atom. The number of nitrogens with one attached hydrogen (secondary N) is 1. The van der Waals surface area contributed by atoms with Crippen molar-refractivity contribution in [3.8, 4) is 0 Å². The largest absolute Gasteiger partial charge is 0.370 e. The molecule has 3 heteroatoms. The van der Waals surface area contributed by atoms with Gasteiger partial charge < -0.3 is 10.1 Å². The molecule has 0 aromatic carbocycles. The van der Waals surface area contributed by atoms with E-state index in [4.69, 9.17) is 4.74 Å². The Kier molecular flexibility index (Phi) is 3.73. The van der Waals surface area contributed by atoms with Crippen LogP contribution in [0.1, 0.15) is 56.4 Å². The SMILES string of the molecule is CC(NCC1CCC2(CCCC2)O1)c1cccs1. The van der Waals surface area contributed by atoms with Gasteiger partial charge in [-0.25, -0.2) is 0 Å². The van der Waals surface area contributed by atoms with Gasteiger partial charge in [-0.05, 0) is 44.1 Å². The van der Waals surface area contributed by atoms with Crippen molar-refractivity contribution in [1.29, 1.82) is 0 Å². The predicted octanol–water partition coefficient (Wildman–Crippen LogP) is 3.89. The minimum Gasteiger partial charge on any atom is -0.370 e. The highest BCUT2D eigenvalue weighted by Gasteiger charge is 2.41. The molecule has 0 radical (unpaired) electrons. The van der Waals surface area contributed by atoms with E-state index in [1.54, 1.807) is 0 Å². The van der Waals surface area contributed by atoms with Gasteiger partial charge in [-0.2, -0.15) is 0 Å². The van der Waals surface area contributed by atoms with E-state index in [0.29, 0.717) is 12.1 Å². The number of hydrogen-bond donors (Lipinski definition) is 1. The second-order valence-electron chi connectivity index (χ2n) is 5.81. The first kappa shape index (κ1) is 12.6. The summed E-state index contributed by atoms with van der Waals surface area (Å²) in [7, 11) is 0. The molecule has 1 spiro atoms. The molecule has 2 atom stereocenters. The van der Waals surface area contributed by atoms with E-state index in [0.717, 1.165) is 6.54 Å². The summed E-state index contributed by atoms with van der Waals surface area (Å²) in [6.45, 7) is 3.24. The summed E-state index contributed by atoms with van der Waals surface area (Å²) in [6, 6.07) is 4.78. The van der Waals surface area contributed by atoms with Gasteiger partial charge in [0.25, 0.3) is 0 Å². The molecule has 1 aromatic rings. The summed E-state index contributed by atoms with van der Waals surface area (Å²) in [4.78, 5) is 1.42. The molecule has 18 heavy (non-hydrogen) atoms. The Morgan fingerprint density at radius 1 is 1.44 bits per heavy atom. The van der Waals surface area contributed by atoms with E-state index in [2.05, 4.69) is 29.8 Å². The normalized spacial score (nSPS) is 27.9. The quantitative estimate of drug-likeness (QED) is 0.891. The maximum Gasteiger partial charge on any atom is 0.0708 e. The lowest BCUT2D eigenvalue weighted by Gasteiger charge is -2.24. The summed E-state index contributed by atoms with van der Waals surface area (Å²) in [5, 5.41) is 5.76. The molecule has 1 aliphatic heterocycles. The first-order chi connectivity index (χ1) is 8.77. The van der Waals surface area contributed by atoms with Gasteiger partial charge in [-0.3, -0.25) is 0 Å². The van der Waals surface area contributed by atoms with E-state index in [1.807, 2.05) is 11.3 Å². The first-order valence-electron chi connectivity index (χ1n) is 7.22. The lowest BCUT2D eigenvalue weighted by Crippen LogP contribution is -2.32. The van der Waals surface area contributed by atoms with Gasteiger partial charge in [0.2, 0.25) is 0 Å². The summed E-state index contributed by atoms with van der Waals surface area (Å²) in [6.07, 6.45) is 8.29. The van der Waals surface area contributed by atoms with Crippen LogP contribution >= 0.6 is 11.3 Å². The number of rotatable bonds is 4. The van der Waals surface area contributed by atoms with Crippen LogP contribution in [0, 0.1) is 0 Å². The number of ether oxygens (including phenoxy) is 1. The monoisotopic (exact) mass is 265 g/mol. The van der Waals surface area contributed by atoms with Crippen molar-refractivity contribution >= 4 is 11.3 Å². The van der Waals surface area contributed by atoms with Crippen molar-refractivity contribution in [2.45, 2.75) is 63.2 Å². The Balaban J connectivity index is 1.47. The lowest BCUT2D eigenvalue weighted by atomic mass is 9.98. The van der Waals surface area contributed by atoms with Crippen molar-refractivity contribution in [3.05, 3.63) is 22.4 Å². The Bertz CT molecular complexity index is 370. The van der Waals surface area contributed by atoms with Crippen molar-refractivity contribution in [1.82, 2.24) is 5.32 Å². The summed E-state index contributed by atoms with van der Waals surface area (Å²) in [5.74, 6) is 0. The van der Waals surface area contributed by atoms with Gasteiger partial charge in [0.15, 0.2) is 0 Å². The molecule has 1 aliphatic carbocycles. The topological polar surface area (TPSA) is 21.3 Å². The van der Waals surface area contributed by atoms with Crippen LogP contribution in [0.25, 0.3) is 0 Å². The molecular formula is C15H23NOS. The van der Waals surface area contributed by atoms with Crippen LogP contribution in [0.5, 0.6) is 0 Å². The maximum absolute atomic E-state index is 6.32. The zero-order chi connectivity index (χ0) is 12.4. The van der Waals surface area contributed by atoms with Crippen LogP contribution in [0.15, 0.2) is 17.5 Å². The zero-order valence-electron chi connectivity index (χ0n) is 11.2. The Hall–Kier alpha value is -0.380. The van der Waals surface area contributed by atoms with Crippen LogP contribution in [-0.2, 0) is 4.74 Å². The van der Waals surface area contributed by atoms with E-state index in [9.17, 15) is 0 Å². The van der Waals surface area contributed by atoms with Crippen molar-refractivity contribution in [2.24, 2.45) is 0 Å². The molecular weight excluding hydrogens is 242 g/mol. The third-order valence-electron chi connectivity index (χ3n) is 4.48. The average molecular weight is 265 g/mol. The molecule has 3 rings (SSSR count). The molecule has 2 heterocycles. The van der Waals surface area contributed by atoms with Crippen LogP contribution in [0.2, 0.25) is 0 Å². The molecule has 2 aliphatic rings. The van der Waals surface area contributed by atoms with Crippen molar-refractivity contribution < 1.29 is 4.74 Å². The van der Waals surface area contributed by atoms with E-state index < -0.39 is 0 Å². The highest BCUT2D eigenvalue weighted by atomic mass is 32.1. The van der Waals surface area contributed by atoms with E-state index >= 15 is 0 Å². The second-order valence-corrected chi connectivity index (χ2v) is 6.79. The standard InChI is InChI=1S/C15H23NOS/c1-12(14-5-4-10-18-14)16-11-13-6-9-15(17-13)7-2-3-8-15/h4-5,10,12-13,16H,2-3,6-9,11H2,1H3. The minimum absolute atomic E-state index is 0.276. The third kappa shape index (κ3) is 2.63. The molecule has 1 N–H and O–H groups in total. The lowest BCUT2D eigenvalue weighted by molar-refractivity contribution is -0.0357. The third-order valence-corrected chi connectivity index (χ3v) is 5.53. The van der Waals surface area contributed by atoms with E-state index in [-0.39, 0.29) is 5.60 Å². The molecule has 0 amide bonds. The zero-order valence-corrected chi connectivity index (χ0v) is 12.0. The fraction of sp³-hybridized carbons (Fsp3) is 0.733. The molecule has 1 saturated carbocycles. The van der Waals surface area contributed by atoms with Crippen LogP contribution in [0.4, 0.5) is 0 Å². The second kappa shape index (κ2) is 5.32. The molecule has 1 saturated heterocycles. The molecule has 1 aromatic heterocycles. The van der Waals surface area contributed by atoms with Crippen molar-refractivity contribution in [3.63, 3.8) is 0 Å². The molecule has 2 nitrogen and oxygen atoms in total. The van der Waals surface area contributed by atoms with Gasteiger partial charge in [-0.15, -0.1) is 11.3 Å². The summed E-state index contributed by atoms with van der Waals surface area (Å²) < 4.78 is 6.32. The Morgan fingerprint density at radius 2 is 2.28 bits per heavy atom. The van der Waals surface area contributed by atoms with Gasteiger partial charge in [0.1, 0.15) is 0 Å². The van der Waals surface area contributed by atoms with Crippen LogP contribution in [0.3, 0.4) is 0 Å². The first-order valence-corrected chi connectivity index (χ1v) is 8.10. The number of hydrogen-bond acceptors (Lipinski definition) is 3. The van der Waals surface area contributed by atoms with Gasteiger partial charge >= 0.3 is 0 Å². The van der Waals surface area contributed by atoms with Gasteiger partial charge in [0, 0.05) is 17.5 Å². The van der Waals surface area contributed by atoms with Crippen LogP contribution in [-0.4, -0.2) is 18.2 Å². The van der Waals surface area contributed by atoms with Gasteiger partial charge in [-0.1, -0.05) is 18.9 Å². The minimum atomic E-state index is 0.276. The maximum atomic E-state index is 6.32. The molecule has 0 bridgehead atoms. The van der Waals surface area contributed by atoms with E-state index in [1.165, 1.54) is 43.4 Å². The highest BCUT2D eigenvalue weighted by molar-refractivity contribution is 7.10. The van der Waals surface area contributed by atoms with Gasteiger partial charge in [0.05, 0.1) is 11.7 Å². The molecule has 100 valence electrons. The Labute approximate surface area is 114 Å². The smallest absolute Gasteiger partial charge is 0.0708 e. The highest BCUT2D eigenvalue weighted by Crippen LogP contribution is 2.43. The predicted molar refractivity (Wildman–Crippen MR) is 76.0 cm³/mol. The average Bonchev–Trinajstić information content (AvgIpc) is 3.09. The fourth-order valence-corrected chi connectivity index (χ4v) is 4.13. The summed E-state index contributed by atoms with van der Waals surface area (Å²) in [5.41, 5.74) is 0.276. The molecule has 2 fully saturated rings. The fourth-order valence-electron chi connectivity index (χ4n) is 3.37. The summed E-state index contributed by atoms with van der Waals surface area (Å²) >= 11 is 1.83.